The van der Waals surface area contributed by atoms with E-state index in [1.54, 1.807) is 0 Å². The zero-order valence-corrected chi connectivity index (χ0v) is 15.3. The molecule has 4 rings (SSSR count). The first kappa shape index (κ1) is 20.5. The van der Waals surface area contributed by atoms with Gasteiger partial charge in [-0.15, -0.1) is 0 Å². The van der Waals surface area contributed by atoms with Gasteiger partial charge in [-0.1, -0.05) is 24.3 Å². The summed E-state index contributed by atoms with van der Waals surface area (Å²) in [6.45, 7) is 0. The number of hydrogen-bond donors (Lipinski definition) is 1. The van der Waals surface area contributed by atoms with Crippen LogP contribution in [-0.2, 0) is 12.4 Å². The van der Waals surface area contributed by atoms with Gasteiger partial charge >= 0.3 is 12.4 Å². The standard InChI is InChI=1S/C20H11F6N5/c21-19(22,23)13-5-1-11(2-6-13)16-27-10-9-15(28-16)18-29-17(30-31-18)12-3-7-14(8-4-12)20(24,25)26/h1-10H,(H,29,30,31). The summed E-state index contributed by atoms with van der Waals surface area (Å²) in [6.07, 6.45) is -7.48. The third kappa shape index (κ3) is 4.39. The van der Waals surface area contributed by atoms with Crippen LogP contribution in [0.25, 0.3) is 34.3 Å². The Morgan fingerprint density at radius 3 is 1.65 bits per heavy atom. The van der Waals surface area contributed by atoms with Crippen molar-refractivity contribution in [2.75, 3.05) is 0 Å². The quantitative estimate of drug-likeness (QED) is 0.424. The molecule has 0 radical (unpaired) electrons. The van der Waals surface area contributed by atoms with E-state index in [0.717, 1.165) is 24.3 Å². The van der Waals surface area contributed by atoms with E-state index in [4.69, 9.17) is 0 Å². The largest absolute Gasteiger partial charge is 0.416 e. The summed E-state index contributed by atoms with van der Waals surface area (Å²) in [5, 5.41) is 6.64. The highest BCUT2D eigenvalue weighted by molar-refractivity contribution is 5.62. The van der Waals surface area contributed by atoms with E-state index in [-0.39, 0.29) is 17.5 Å². The predicted octanol–water partition coefficient (Wildman–Crippen LogP) is 5.63. The molecule has 0 aliphatic carbocycles. The van der Waals surface area contributed by atoms with Gasteiger partial charge in [0.1, 0.15) is 5.69 Å². The minimum Gasteiger partial charge on any atom is -0.257 e. The lowest BCUT2D eigenvalue weighted by Crippen LogP contribution is -2.04. The second kappa shape index (κ2) is 7.49. The number of rotatable bonds is 3. The van der Waals surface area contributed by atoms with E-state index in [1.807, 2.05) is 0 Å². The lowest BCUT2D eigenvalue weighted by Gasteiger charge is -2.07. The average molecular weight is 435 g/mol. The number of benzene rings is 2. The molecule has 0 saturated carbocycles. The average Bonchev–Trinajstić information content (AvgIpc) is 3.23. The van der Waals surface area contributed by atoms with Gasteiger partial charge in [0.05, 0.1) is 11.1 Å². The van der Waals surface area contributed by atoms with Crippen LogP contribution in [-0.4, -0.2) is 25.1 Å². The third-order valence-corrected chi connectivity index (χ3v) is 4.32. The van der Waals surface area contributed by atoms with Crippen molar-refractivity contribution in [1.82, 2.24) is 25.1 Å². The monoisotopic (exact) mass is 435 g/mol. The minimum atomic E-state index is -4.45. The van der Waals surface area contributed by atoms with Crippen molar-refractivity contribution in [3.05, 3.63) is 71.9 Å². The van der Waals surface area contributed by atoms with Crippen molar-refractivity contribution in [3.63, 3.8) is 0 Å². The molecule has 158 valence electrons. The summed E-state index contributed by atoms with van der Waals surface area (Å²) in [5.74, 6) is 0.572. The highest BCUT2D eigenvalue weighted by atomic mass is 19.4. The molecule has 2 aromatic heterocycles. The first-order chi connectivity index (χ1) is 14.6. The van der Waals surface area contributed by atoms with E-state index in [2.05, 4.69) is 25.1 Å². The van der Waals surface area contributed by atoms with Crippen LogP contribution in [0.2, 0.25) is 0 Å². The maximum atomic E-state index is 12.7. The molecule has 2 aromatic carbocycles. The number of H-pyrrole nitrogens is 1. The highest BCUT2D eigenvalue weighted by Gasteiger charge is 2.31. The molecule has 0 aliphatic heterocycles. The van der Waals surface area contributed by atoms with E-state index in [1.165, 1.54) is 36.5 Å². The zero-order valence-electron chi connectivity index (χ0n) is 15.3. The molecule has 0 fully saturated rings. The van der Waals surface area contributed by atoms with Crippen molar-refractivity contribution in [3.8, 4) is 34.3 Å². The Kier molecular flexibility index (Phi) is 4.96. The molecule has 0 atom stereocenters. The van der Waals surface area contributed by atoms with Gasteiger partial charge < -0.3 is 0 Å². The van der Waals surface area contributed by atoms with Gasteiger partial charge in [0.15, 0.2) is 17.5 Å². The molecule has 0 aliphatic rings. The van der Waals surface area contributed by atoms with Crippen LogP contribution >= 0.6 is 0 Å². The second-order valence-electron chi connectivity index (χ2n) is 6.42. The number of nitrogens with zero attached hydrogens (tertiary/aromatic N) is 4. The van der Waals surface area contributed by atoms with Crippen molar-refractivity contribution in [2.24, 2.45) is 0 Å². The molecule has 31 heavy (non-hydrogen) atoms. The van der Waals surface area contributed by atoms with Gasteiger partial charge in [0.2, 0.25) is 0 Å². The van der Waals surface area contributed by atoms with E-state index in [0.29, 0.717) is 16.8 Å². The first-order valence-electron chi connectivity index (χ1n) is 8.72. The first-order valence-corrected chi connectivity index (χ1v) is 8.72. The van der Waals surface area contributed by atoms with Crippen molar-refractivity contribution in [1.29, 1.82) is 0 Å². The Balaban J connectivity index is 1.60. The number of aromatic nitrogens is 5. The minimum absolute atomic E-state index is 0.165. The smallest absolute Gasteiger partial charge is 0.257 e. The fourth-order valence-corrected chi connectivity index (χ4v) is 2.75. The van der Waals surface area contributed by atoms with Crippen molar-refractivity contribution >= 4 is 0 Å². The SMILES string of the molecule is FC(F)(F)c1ccc(-c2nccc(-c3nc(-c4ccc(C(F)(F)F)cc4)n[nH]3)n2)cc1. The fourth-order valence-electron chi connectivity index (χ4n) is 2.75. The summed E-state index contributed by atoms with van der Waals surface area (Å²) < 4.78 is 76.3. The lowest BCUT2D eigenvalue weighted by molar-refractivity contribution is -0.138. The van der Waals surface area contributed by atoms with E-state index < -0.39 is 23.5 Å². The number of nitrogens with one attached hydrogen (secondary N) is 1. The molecule has 2 heterocycles. The number of hydrogen-bond acceptors (Lipinski definition) is 4. The van der Waals surface area contributed by atoms with Crippen LogP contribution in [0.15, 0.2) is 60.8 Å². The molecule has 0 unspecified atom stereocenters. The van der Waals surface area contributed by atoms with Gasteiger partial charge in [0, 0.05) is 17.3 Å². The second-order valence-corrected chi connectivity index (χ2v) is 6.42. The van der Waals surface area contributed by atoms with Gasteiger partial charge in [0.25, 0.3) is 0 Å². The van der Waals surface area contributed by atoms with Gasteiger partial charge in [-0.3, -0.25) is 5.10 Å². The molecule has 0 amide bonds. The zero-order chi connectivity index (χ0) is 22.2. The molecule has 4 aromatic rings. The molecule has 11 heteroatoms. The third-order valence-electron chi connectivity index (χ3n) is 4.32. The predicted molar refractivity (Wildman–Crippen MR) is 98.3 cm³/mol. The van der Waals surface area contributed by atoms with Gasteiger partial charge in [-0.05, 0) is 30.3 Å². The molecule has 1 N–H and O–H groups in total. The molecular weight excluding hydrogens is 424 g/mol. The Bertz CT molecular complexity index is 1190. The van der Waals surface area contributed by atoms with Crippen LogP contribution in [0.1, 0.15) is 11.1 Å². The van der Waals surface area contributed by atoms with Crippen LogP contribution in [0.3, 0.4) is 0 Å². The van der Waals surface area contributed by atoms with Crippen LogP contribution in [0, 0.1) is 0 Å². The Hall–Kier alpha value is -3.76. The molecule has 0 bridgehead atoms. The van der Waals surface area contributed by atoms with Crippen LogP contribution in [0.4, 0.5) is 26.3 Å². The van der Waals surface area contributed by atoms with Crippen molar-refractivity contribution < 1.29 is 26.3 Å². The Labute approximate surface area is 170 Å². The van der Waals surface area contributed by atoms with Crippen molar-refractivity contribution in [2.45, 2.75) is 12.4 Å². The molecule has 5 nitrogen and oxygen atoms in total. The maximum Gasteiger partial charge on any atom is 0.416 e. The summed E-state index contributed by atoms with van der Waals surface area (Å²) in [5.41, 5.74) is -0.520. The normalized spacial score (nSPS) is 12.2. The Morgan fingerprint density at radius 1 is 0.613 bits per heavy atom. The highest BCUT2D eigenvalue weighted by Crippen LogP contribution is 2.32. The van der Waals surface area contributed by atoms with Gasteiger partial charge in [-0.25, -0.2) is 15.0 Å². The Morgan fingerprint density at radius 2 is 1.13 bits per heavy atom. The number of halogens is 6. The molecular formula is C20H11F6N5. The summed E-state index contributed by atoms with van der Waals surface area (Å²) >= 11 is 0. The molecule has 0 saturated heterocycles. The van der Waals surface area contributed by atoms with E-state index in [9.17, 15) is 26.3 Å². The maximum absolute atomic E-state index is 12.7. The summed E-state index contributed by atoms with van der Waals surface area (Å²) in [6, 6.07) is 10.3. The topological polar surface area (TPSA) is 67.3 Å². The lowest BCUT2D eigenvalue weighted by atomic mass is 10.1. The van der Waals surface area contributed by atoms with Gasteiger partial charge in [-0.2, -0.15) is 31.4 Å². The fraction of sp³-hybridized carbons (Fsp3) is 0.100. The van der Waals surface area contributed by atoms with Crippen LogP contribution < -0.4 is 0 Å². The van der Waals surface area contributed by atoms with E-state index >= 15 is 0 Å². The summed E-state index contributed by atoms with van der Waals surface area (Å²) in [4.78, 5) is 12.6. The summed E-state index contributed by atoms with van der Waals surface area (Å²) in [7, 11) is 0. The number of alkyl halides is 6. The molecule has 0 spiro atoms. The number of aromatic amines is 1. The van der Waals surface area contributed by atoms with Crippen LogP contribution in [0.5, 0.6) is 0 Å².